The maximum Gasteiger partial charge on any atom is 0.0575 e. The number of unbranched alkanes of at least 4 members (excludes halogenated alkanes) is 1. The Balaban J connectivity index is 2.02. The molecule has 1 heterocycles. The fourth-order valence-electron chi connectivity index (χ4n) is 1.41. The lowest BCUT2D eigenvalue weighted by Crippen LogP contribution is -2.18. The summed E-state index contributed by atoms with van der Waals surface area (Å²) in [6, 6.07) is 0. The van der Waals surface area contributed by atoms with Crippen molar-refractivity contribution in [3.05, 3.63) is 6.92 Å². The normalized spacial score (nSPS) is 26.7. The summed E-state index contributed by atoms with van der Waals surface area (Å²) in [5, 5.41) is 0. The largest absolute Gasteiger partial charge is 0.378 e. The molecule has 1 rings (SSSR count). The Kier molecular flexibility index (Phi) is 3.81. The third kappa shape index (κ3) is 2.70. The summed E-state index contributed by atoms with van der Waals surface area (Å²) in [7, 11) is 0. The fraction of sp³-hybridized carbons (Fsp3) is 0.889. The third-order valence-corrected chi connectivity index (χ3v) is 2.05. The Morgan fingerprint density at radius 1 is 1.40 bits per heavy atom. The summed E-state index contributed by atoms with van der Waals surface area (Å²) >= 11 is 0. The number of hydrogen-bond acceptors (Lipinski definition) is 1. The van der Waals surface area contributed by atoms with Crippen LogP contribution in [0.2, 0.25) is 0 Å². The second-order valence-corrected chi connectivity index (χ2v) is 2.98. The van der Waals surface area contributed by atoms with Gasteiger partial charge >= 0.3 is 0 Å². The fourth-order valence-corrected chi connectivity index (χ4v) is 1.41. The van der Waals surface area contributed by atoms with Crippen molar-refractivity contribution < 1.29 is 4.74 Å². The number of rotatable bonds is 3. The van der Waals surface area contributed by atoms with Crippen LogP contribution in [-0.4, -0.2) is 12.7 Å². The monoisotopic (exact) mass is 141 g/mol. The van der Waals surface area contributed by atoms with Crippen LogP contribution in [0.3, 0.4) is 0 Å². The lowest BCUT2D eigenvalue weighted by Gasteiger charge is -2.21. The van der Waals surface area contributed by atoms with Gasteiger partial charge in [-0.2, -0.15) is 0 Å². The highest BCUT2D eigenvalue weighted by atomic mass is 16.5. The predicted octanol–water partition coefficient (Wildman–Crippen LogP) is 2.56. The molecule has 1 aliphatic rings. The van der Waals surface area contributed by atoms with Gasteiger partial charge in [0.25, 0.3) is 0 Å². The summed E-state index contributed by atoms with van der Waals surface area (Å²) in [5.41, 5.74) is 0. The first-order valence-electron chi connectivity index (χ1n) is 4.34. The molecule has 0 N–H and O–H groups in total. The summed E-state index contributed by atoms with van der Waals surface area (Å²) < 4.78 is 5.55. The van der Waals surface area contributed by atoms with Crippen LogP contribution >= 0.6 is 0 Å². The summed E-state index contributed by atoms with van der Waals surface area (Å²) in [6.45, 7) is 4.80. The van der Waals surface area contributed by atoms with Gasteiger partial charge in [-0.05, 0) is 25.7 Å². The third-order valence-electron chi connectivity index (χ3n) is 2.05. The minimum atomic E-state index is 0.565. The maximum absolute atomic E-state index is 5.55. The molecule has 1 heteroatoms. The Morgan fingerprint density at radius 3 is 2.90 bits per heavy atom. The smallest absolute Gasteiger partial charge is 0.0575 e. The Morgan fingerprint density at radius 2 is 2.30 bits per heavy atom. The lowest BCUT2D eigenvalue weighted by molar-refractivity contribution is 0.0103. The molecule has 1 aliphatic heterocycles. The lowest BCUT2D eigenvalue weighted by atomic mass is 10.0. The maximum atomic E-state index is 5.55. The van der Waals surface area contributed by atoms with E-state index in [1.165, 1.54) is 32.1 Å². The first kappa shape index (κ1) is 8.06. The van der Waals surface area contributed by atoms with Gasteiger partial charge in [-0.3, -0.25) is 0 Å². The molecule has 59 valence electrons. The van der Waals surface area contributed by atoms with E-state index in [0.717, 1.165) is 13.0 Å². The van der Waals surface area contributed by atoms with Crippen molar-refractivity contribution in [3.8, 4) is 0 Å². The minimum absolute atomic E-state index is 0.565. The van der Waals surface area contributed by atoms with E-state index >= 15 is 0 Å². The van der Waals surface area contributed by atoms with Crippen LogP contribution in [0.1, 0.15) is 38.5 Å². The van der Waals surface area contributed by atoms with Crippen LogP contribution in [0.5, 0.6) is 0 Å². The van der Waals surface area contributed by atoms with E-state index in [0.29, 0.717) is 6.10 Å². The van der Waals surface area contributed by atoms with Crippen LogP contribution in [0.15, 0.2) is 0 Å². The van der Waals surface area contributed by atoms with Gasteiger partial charge in [-0.15, -0.1) is 0 Å². The zero-order chi connectivity index (χ0) is 7.23. The van der Waals surface area contributed by atoms with Crippen LogP contribution in [-0.2, 0) is 4.74 Å². The van der Waals surface area contributed by atoms with Crippen molar-refractivity contribution in [2.45, 2.75) is 44.6 Å². The van der Waals surface area contributed by atoms with E-state index in [-0.39, 0.29) is 0 Å². The highest BCUT2D eigenvalue weighted by Gasteiger charge is 2.11. The first-order chi connectivity index (χ1) is 4.93. The Bertz CT molecular complexity index is 74.8. The quantitative estimate of drug-likeness (QED) is 0.587. The van der Waals surface area contributed by atoms with Crippen molar-refractivity contribution in [1.29, 1.82) is 0 Å². The van der Waals surface area contributed by atoms with Crippen molar-refractivity contribution in [1.82, 2.24) is 0 Å². The van der Waals surface area contributed by atoms with E-state index in [1.807, 2.05) is 0 Å². The van der Waals surface area contributed by atoms with Crippen molar-refractivity contribution in [2.24, 2.45) is 0 Å². The molecule has 0 amide bonds. The molecule has 0 spiro atoms. The van der Waals surface area contributed by atoms with Crippen molar-refractivity contribution in [3.63, 3.8) is 0 Å². The first-order valence-corrected chi connectivity index (χ1v) is 4.34. The molecule has 1 radical (unpaired) electrons. The molecule has 0 aromatic rings. The van der Waals surface area contributed by atoms with E-state index < -0.39 is 0 Å². The molecule has 0 saturated carbocycles. The molecular weight excluding hydrogens is 124 g/mol. The number of ether oxygens (including phenoxy) is 1. The average molecular weight is 141 g/mol. The van der Waals surface area contributed by atoms with Gasteiger partial charge in [0.05, 0.1) is 6.10 Å². The van der Waals surface area contributed by atoms with Crippen LogP contribution in [0, 0.1) is 6.92 Å². The highest BCUT2D eigenvalue weighted by molar-refractivity contribution is 4.63. The second-order valence-electron chi connectivity index (χ2n) is 2.98. The SMILES string of the molecule is [CH2]CCCC1CCCCO1. The van der Waals surface area contributed by atoms with Gasteiger partial charge < -0.3 is 4.74 Å². The van der Waals surface area contributed by atoms with E-state index in [1.54, 1.807) is 0 Å². The predicted molar refractivity (Wildman–Crippen MR) is 42.8 cm³/mol. The second kappa shape index (κ2) is 4.73. The van der Waals surface area contributed by atoms with Gasteiger partial charge in [0, 0.05) is 6.61 Å². The van der Waals surface area contributed by atoms with E-state index in [4.69, 9.17) is 4.74 Å². The van der Waals surface area contributed by atoms with Gasteiger partial charge in [-0.1, -0.05) is 19.8 Å². The summed E-state index contributed by atoms with van der Waals surface area (Å²) in [4.78, 5) is 0. The molecule has 0 aliphatic carbocycles. The highest BCUT2D eigenvalue weighted by Crippen LogP contribution is 2.17. The van der Waals surface area contributed by atoms with E-state index in [2.05, 4.69) is 6.92 Å². The average Bonchev–Trinajstić information content (AvgIpc) is 2.03. The molecule has 0 bridgehead atoms. The molecule has 1 unspecified atom stereocenters. The van der Waals surface area contributed by atoms with Crippen LogP contribution in [0.4, 0.5) is 0 Å². The Hall–Kier alpha value is -0.0400. The summed E-state index contributed by atoms with van der Waals surface area (Å²) in [6.07, 6.45) is 7.98. The minimum Gasteiger partial charge on any atom is -0.378 e. The standard InChI is InChI=1S/C9H17O/c1-2-3-6-9-7-4-5-8-10-9/h9H,1-8H2. The molecular formula is C9H17O. The number of hydrogen-bond donors (Lipinski definition) is 0. The molecule has 1 saturated heterocycles. The van der Waals surface area contributed by atoms with Crippen LogP contribution < -0.4 is 0 Å². The van der Waals surface area contributed by atoms with Gasteiger partial charge in [0.1, 0.15) is 0 Å². The van der Waals surface area contributed by atoms with Gasteiger partial charge in [0.2, 0.25) is 0 Å². The van der Waals surface area contributed by atoms with E-state index in [9.17, 15) is 0 Å². The van der Waals surface area contributed by atoms with Crippen molar-refractivity contribution in [2.75, 3.05) is 6.61 Å². The topological polar surface area (TPSA) is 9.23 Å². The Labute approximate surface area is 63.8 Å². The molecule has 1 fully saturated rings. The molecule has 1 nitrogen and oxygen atoms in total. The summed E-state index contributed by atoms with van der Waals surface area (Å²) in [5.74, 6) is 0. The molecule has 1 atom stereocenters. The molecule has 0 aromatic carbocycles. The molecule has 0 aromatic heterocycles. The zero-order valence-corrected chi connectivity index (χ0v) is 6.64. The van der Waals surface area contributed by atoms with Crippen molar-refractivity contribution >= 4 is 0 Å². The molecule has 10 heavy (non-hydrogen) atoms. The van der Waals surface area contributed by atoms with Gasteiger partial charge in [-0.25, -0.2) is 0 Å². The van der Waals surface area contributed by atoms with Crippen LogP contribution in [0.25, 0.3) is 0 Å². The van der Waals surface area contributed by atoms with Gasteiger partial charge in [0.15, 0.2) is 0 Å². The zero-order valence-electron chi connectivity index (χ0n) is 6.64.